The average Bonchev–Trinajstić information content (AvgIpc) is 2.52. The fourth-order valence-electron chi connectivity index (χ4n) is 2.45. The number of rotatable bonds is 3. The Labute approximate surface area is 140 Å². The SMILES string of the molecule is OC(c1ccc(F)cc1)(c1ccccc1C(F)(F)F)C(F)(F)C(F)(F)F. The van der Waals surface area contributed by atoms with Gasteiger partial charge < -0.3 is 5.11 Å². The third-order valence-corrected chi connectivity index (χ3v) is 3.69. The molecule has 0 radical (unpaired) electrons. The first-order valence-electron chi connectivity index (χ1n) is 6.82. The molecule has 0 bridgehead atoms. The zero-order chi connectivity index (χ0) is 20.0. The molecule has 0 saturated heterocycles. The second-order valence-corrected chi connectivity index (χ2v) is 5.33. The van der Waals surface area contributed by atoms with Crippen LogP contribution in [0.4, 0.5) is 39.5 Å². The molecule has 2 rings (SSSR count). The van der Waals surface area contributed by atoms with E-state index < -0.39 is 46.4 Å². The molecule has 0 amide bonds. The fraction of sp³-hybridized carbons (Fsp3) is 0.250. The highest BCUT2D eigenvalue weighted by Crippen LogP contribution is 2.53. The van der Waals surface area contributed by atoms with Crippen LogP contribution in [0.15, 0.2) is 48.5 Å². The van der Waals surface area contributed by atoms with Gasteiger partial charge in [0.25, 0.3) is 0 Å². The molecule has 0 spiro atoms. The van der Waals surface area contributed by atoms with Gasteiger partial charge in [-0.3, -0.25) is 0 Å². The molecule has 1 N–H and O–H groups in total. The van der Waals surface area contributed by atoms with Crippen molar-refractivity contribution in [1.29, 1.82) is 0 Å². The van der Waals surface area contributed by atoms with Crippen molar-refractivity contribution in [2.75, 3.05) is 0 Å². The molecule has 2 aromatic carbocycles. The average molecular weight is 388 g/mol. The molecule has 0 saturated carbocycles. The molecule has 0 aliphatic heterocycles. The van der Waals surface area contributed by atoms with Gasteiger partial charge in [0, 0.05) is 5.56 Å². The van der Waals surface area contributed by atoms with Crippen LogP contribution < -0.4 is 0 Å². The molecule has 0 fully saturated rings. The van der Waals surface area contributed by atoms with Crippen LogP contribution in [0.25, 0.3) is 0 Å². The molecule has 0 aliphatic carbocycles. The third-order valence-electron chi connectivity index (χ3n) is 3.69. The van der Waals surface area contributed by atoms with Crippen molar-refractivity contribution in [2.24, 2.45) is 0 Å². The summed E-state index contributed by atoms with van der Waals surface area (Å²) in [5.74, 6) is -7.06. The van der Waals surface area contributed by atoms with Gasteiger partial charge in [0.15, 0.2) is 5.60 Å². The minimum Gasteiger partial charge on any atom is -0.374 e. The molecular weight excluding hydrogens is 379 g/mol. The molecule has 1 unspecified atom stereocenters. The van der Waals surface area contributed by atoms with Gasteiger partial charge in [-0.15, -0.1) is 0 Å². The van der Waals surface area contributed by atoms with Crippen molar-refractivity contribution in [1.82, 2.24) is 0 Å². The Morgan fingerprint density at radius 3 is 1.54 bits per heavy atom. The zero-order valence-electron chi connectivity index (χ0n) is 12.5. The Bertz CT molecular complexity index is 778. The lowest BCUT2D eigenvalue weighted by Crippen LogP contribution is -2.56. The van der Waals surface area contributed by atoms with Gasteiger partial charge in [-0.2, -0.15) is 35.1 Å². The monoisotopic (exact) mass is 388 g/mol. The molecule has 1 nitrogen and oxygen atoms in total. The van der Waals surface area contributed by atoms with Gasteiger partial charge in [0.2, 0.25) is 0 Å². The Morgan fingerprint density at radius 2 is 1.12 bits per heavy atom. The molecule has 0 aliphatic rings. The van der Waals surface area contributed by atoms with Gasteiger partial charge in [0.1, 0.15) is 5.82 Å². The van der Waals surface area contributed by atoms with E-state index in [0.717, 1.165) is 12.1 Å². The summed E-state index contributed by atoms with van der Waals surface area (Å²) in [4.78, 5) is 0. The molecule has 0 aromatic heterocycles. The highest BCUT2D eigenvalue weighted by atomic mass is 19.4. The van der Waals surface area contributed by atoms with Crippen LogP contribution in [-0.4, -0.2) is 17.2 Å². The van der Waals surface area contributed by atoms with Crippen LogP contribution in [0.3, 0.4) is 0 Å². The predicted molar refractivity (Wildman–Crippen MR) is 71.8 cm³/mol. The van der Waals surface area contributed by atoms with E-state index in [4.69, 9.17) is 0 Å². The van der Waals surface area contributed by atoms with E-state index in [1.807, 2.05) is 0 Å². The van der Waals surface area contributed by atoms with Crippen LogP contribution in [0.1, 0.15) is 16.7 Å². The smallest absolute Gasteiger partial charge is 0.374 e. The highest BCUT2D eigenvalue weighted by molar-refractivity contribution is 5.45. The van der Waals surface area contributed by atoms with Gasteiger partial charge in [-0.25, -0.2) is 4.39 Å². The molecule has 10 heteroatoms. The first-order chi connectivity index (χ1) is 11.7. The van der Waals surface area contributed by atoms with Crippen molar-refractivity contribution >= 4 is 0 Å². The van der Waals surface area contributed by atoms with Crippen LogP contribution >= 0.6 is 0 Å². The summed E-state index contributed by atoms with van der Waals surface area (Å²) in [6.45, 7) is 0. The lowest BCUT2D eigenvalue weighted by atomic mass is 9.78. The predicted octanol–water partition coefficient (Wildman–Crippen LogP) is 5.28. The van der Waals surface area contributed by atoms with Crippen molar-refractivity contribution in [3.63, 3.8) is 0 Å². The molecular formula is C16H9F9O. The number of benzene rings is 2. The lowest BCUT2D eigenvalue weighted by Gasteiger charge is -2.38. The standard InChI is InChI=1S/C16H9F9O/c17-10-7-5-9(6-8-10)13(26,15(21,22)16(23,24)25)11-3-1-2-4-12(11)14(18,19)20/h1-8,26H. The zero-order valence-corrected chi connectivity index (χ0v) is 12.5. The number of alkyl halides is 8. The summed E-state index contributed by atoms with van der Waals surface area (Å²) in [6, 6.07) is 3.73. The maximum absolute atomic E-state index is 14.2. The van der Waals surface area contributed by atoms with Crippen molar-refractivity contribution < 1.29 is 44.6 Å². The third kappa shape index (κ3) is 3.13. The van der Waals surface area contributed by atoms with E-state index in [2.05, 4.69) is 0 Å². The second-order valence-electron chi connectivity index (χ2n) is 5.33. The largest absolute Gasteiger partial charge is 0.457 e. The summed E-state index contributed by atoms with van der Waals surface area (Å²) in [6.07, 6.45) is -11.7. The van der Waals surface area contributed by atoms with Crippen LogP contribution in [0.2, 0.25) is 0 Å². The van der Waals surface area contributed by atoms with Crippen molar-refractivity contribution in [2.45, 2.75) is 23.9 Å². The quantitative estimate of drug-likeness (QED) is 0.710. The molecule has 1 atom stereocenters. The minimum atomic E-state index is -6.39. The van der Waals surface area contributed by atoms with Crippen LogP contribution in [0.5, 0.6) is 0 Å². The summed E-state index contributed by atoms with van der Waals surface area (Å²) in [5, 5.41) is 10.4. The van der Waals surface area contributed by atoms with E-state index >= 15 is 0 Å². The number of halogens is 9. The van der Waals surface area contributed by atoms with E-state index in [0.29, 0.717) is 30.3 Å². The fourth-order valence-corrected chi connectivity index (χ4v) is 2.45. The van der Waals surface area contributed by atoms with E-state index in [9.17, 15) is 44.6 Å². The Hall–Kier alpha value is -2.23. The Balaban J connectivity index is 2.90. The molecule has 142 valence electrons. The first-order valence-corrected chi connectivity index (χ1v) is 6.82. The minimum absolute atomic E-state index is 0.260. The molecule has 2 aromatic rings. The van der Waals surface area contributed by atoms with Gasteiger partial charge >= 0.3 is 18.3 Å². The van der Waals surface area contributed by atoms with Gasteiger partial charge in [-0.05, 0) is 23.8 Å². The number of aliphatic hydroxyl groups is 1. The van der Waals surface area contributed by atoms with Crippen LogP contribution in [0, 0.1) is 5.82 Å². The van der Waals surface area contributed by atoms with Crippen molar-refractivity contribution in [3.05, 3.63) is 71.0 Å². The normalized spacial score (nSPS) is 15.6. The summed E-state index contributed by atoms with van der Waals surface area (Å²) in [5.41, 5.74) is -9.28. The maximum Gasteiger partial charge on any atom is 0.457 e. The van der Waals surface area contributed by atoms with E-state index in [-0.39, 0.29) is 6.07 Å². The first kappa shape index (κ1) is 20.1. The van der Waals surface area contributed by atoms with E-state index in [1.165, 1.54) is 0 Å². The van der Waals surface area contributed by atoms with E-state index in [1.54, 1.807) is 0 Å². The van der Waals surface area contributed by atoms with Gasteiger partial charge in [-0.1, -0.05) is 30.3 Å². The maximum atomic E-state index is 14.2. The second kappa shape index (κ2) is 6.19. The number of hydrogen-bond acceptors (Lipinski definition) is 1. The summed E-state index contributed by atoms with van der Waals surface area (Å²) >= 11 is 0. The van der Waals surface area contributed by atoms with Crippen molar-refractivity contribution in [3.8, 4) is 0 Å². The summed E-state index contributed by atoms with van der Waals surface area (Å²) < 4.78 is 120. The lowest BCUT2D eigenvalue weighted by molar-refractivity contribution is -0.337. The Kier molecular flexibility index (Phi) is 4.78. The van der Waals surface area contributed by atoms with Crippen LogP contribution in [-0.2, 0) is 11.8 Å². The van der Waals surface area contributed by atoms with Gasteiger partial charge in [0.05, 0.1) is 5.56 Å². The molecule has 26 heavy (non-hydrogen) atoms. The summed E-state index contributed by atoms with van der Waals surface area (Å²) in [7, 11) is 0. The number of hydrogen-bond donors (Lipinski definition) is 1. The molecule has 0 heterocycles. The highest BCUT2D eigenvalue weighted by Gasteiger charge is 2.72. The Morgan fingerprint density at radius 1 is 0.654 bits per heavy atom. The topological polar surface area (TPSA) is 20.2 Å².